The van der Waals surface area contributed by atoms with E-state index in [2.05, 4.69) is 99.5 Å². The number of fused-ring (bicyclic) bond motifs is 3. The van der Waals surface area contributed by atoms with Crippen LogP contribution in [-0.4, -0.2) is 24.5 Å². The van der Waals surface area contributed by atoms with Gasteiger partial charge in [0.1, 0.15) is 5.82 Å². The van der Waals surface area contributed by atoms with Gasteiger partial charge >= 0.3 is 0 Å². The molecule has 5 heteroatoms. The minimum absolute atomic E-state index is 0.783. The van der Waals surface area contributed by atoms with Gasteiger partial charge in [0.2, 0.25) is 0 Å². The molecule has 5 aromatic heterocycles. The van der Waals surface area contributed by atoms with Gasteiger partial charge in [0, 0.05) is 29.4 Å². The van der Waals surface area contributed by atoms with Gasteiger partial charge in [-0.1, -0.05) is 84.9 Å². The van der Waals surface area contributed by atoms with Crippen LogP contribution in [0.5, 0.6) is 0 Å². The second-order valence-corrected chi connectivity index (χ2v) is 10.4. The molecular weight excluding hydrogens is 526 g/mol. The smallest absolute Gasteiger partial charge is 0.138 e. The van der Waals surface area contributed by atoms with E-state index in [1.807, 2.05) is 60.9 Å². The van der Waals surface area contributed by atoms with Crippen molar-refractivity contribution in [1.29, 1.82) is 0 Å². The Morgan fingerprint density at radius 3 is 1.98 bits per heavy atom. The number of hydrogen-bond donors (Lipinski definition) is 0. The predicted molar refractivity (Wildman–Crippen MR) is 174 cm³/mol. The third kappa shape index (κ3) is 4.44. The molecule has 0 fully saturated rings. The minimum atomic E-state index is 0.783. The molecular formula is C38H25N5. The van der Waals surface area contributed by atoms with Gasteiger partial charge in [0.05, 0.1) is 33.8 Å². The topological polar surface area (TPSA) is 56.5 Å². The molecule has 0 saturated carbocycles. The SMILES string of the molecule is c1ccc(-c2ccccc2-c2cc(-c3ccccn3)nc(-c3cccc(-n4c5ccccc5c5cnccc54)n3)c2)cc1. The number of aromatic nitrogens is 5. The Morgan fingerprint density at radius 1 is 0.442 bits per heavy atom. The molecule has 0 bridgehead atoms. The largest absolute Gasteiger partial charge is 0.294 e. The summed E-state index contributed by atoms with van der Waals surface area (Å²) < 4.78 is 2.20. The highest BCUT2D eigenvalue weighted by Crippen LogP contribution is 2.36. The lowest BCUT2D eigenvalue weighted by atomic mass is 9.93. The van der Waals surface area contributed by atoms with E-state index in [0.717, 1.165) is 72.7 Å². The van der Waals surface area contributed by atoms with E-state index in [-0.39, 0.29) is 0 Å². The van der Waals surface area contributed by atoms with E-state index < -0.39 is 0 Å². The molecule has 0 spiro atoms. The first kappa shape index (κ1) is 24.8. The van der Waals surface area contributed by atoms with E-state index in [4.69, 9.17) is 9.97 Å². The summed E-state index contributed by atoms with van der Waals surface area (Å²) in [6, 6.07) is 45.7. The van der Waals surface area contributed by atoms with E-state index in [1.54, 1.807) is 6.20 Å². The fourth-order valence-electron chi connectivity index (χ4n) is 5.82. The predicted octanol–water partition coefficient (Wildman–Crippen LogP) is 9.03. The van der Waals surface area contributed by atoms with Crippen molar-refractivity contribution in [2.45, 2.75) is 0 Å². The molecule has 0 atom stereocenters. The molecule has 202 valence electrons. The van der Waals surface area contributed by atoms with Crippen LogP contribution in [0.2, 0.25) is 0 Å². The van der Waals surface area contributed by atoms with Crippen molar-refractivity contribution in [3.8, 4) is 50.8 Å². The third-order valence-electron chi connectivity index (χ3n) is 7.78. The quantitative estimate of drug-likeness (QED) is 0.214. The van der Waals surface area contributed by atoms with Gasteiger partial charge in [-0.2, -0.15) is 0 Å². The molecule has 8 aromatic rings. The molecule has 5 heterocycles. The third-order valence-corrected chi connectivity index (χ3v) is 7.78. The summed E-state index contributed by atoms with van der Waals surface area (Å²) in [5, 5.41) is 2.24. The average molecular weight is 552 g/mol. The fourth-order valence-corrected chi connectivity index (χ4v) is 5.82. The van der Waals surface area contributed by atoms with Crippen molar-refractivity contribution in [1.82, 2.24) is 24.5 Å². The first-order valence-corrected chi connectivity index (χ1v) is 14.2. The molecule has 0 aliphatic carbocycles. The van der Waals surface area contributed by atoms with E-state index in [0.29, 0.717) is 0 Å². The number of rotatable bonds is 5. The van der Waals surface area contributed by atoms with Crippen LogP contribution in [0.1, 0.15) is 0 Å². The summed E-state index contributed by atoms with van der Waals surface area (Å²) in [7, 11) is 0. The van der Waals surface area contributed by atoms with Crippen molar-refractivity contribution in [3.63, 3.8) is 0 Å². The maximum Gasteiger partial charge on any atom is 0.138 e. The first-order valence-electron chi connectivity index (χ1n) is 14.2. The maximum absolute atomic E-state index is 5.20. The summed E-state index contributed by atoms with van der Waals surface area (Å²) in [6.07, 6.45) is 5.56. The molecule has 8 rings (SSSR count). The maximum atomic E-state index is 5.20. The number of hydrogen-bond acceptors (Lipinski definition) is 4. The highest BCUT2D eigenvalue weighted by atomic mass is 15.1. The van der Waals surface area contributed by atoms with Gasteiger partial charge in [-0.15, -0.1) is 0 Å². The van der Waals surface area contributed by atoms with Crippen LogP contribution in [0, 0.1) is 0 Å². The molecule has 43 heavy (non-hydrogen) atoms. The molecule has 0 radical (unpaired) electrons. The summed E-state index contributed by atoms with van der Waals surface area (Å²) in [5.74, 6) is 0.825. The van der Waals surface area contributed by atoms with Gasteiger partial charge in [0.15, 0.2) is 0 Å². The zero-order chi connectivity index (χ0) is 28.6. The summed E-state index contributed by atoms with van der Waals surface area (Å²) in [5.41, 5.74) is 9.83. The van der Waals surface area contributed by atoms with Crippen LogP contribution in [0.3, 0.4) is 0 Å². The standard InChI is InChI=1S/C38H25N5/c1-2-11-26(12-3-1)28-13-4-5-14-29(28)27-23-34(32-16-8-9-21-40-32)41-35(24-27)33-17-10-19-38(42-33)43-36-18-7-6-15-30(36)31-25-39-22-20-37(31)43/h1-25H. The van der Waals surface area contributed by atoms with Crippen LogP contribution in [0.15, 0.2) is 152 Å². The Kier molecular flexibility index (Phi) is 6.05. The monoisotopic (exact) mass is 551 g/mol. The summed E-state index contributed by atoms with van der Waals surface area (Å²) in [4.78, 5) is 19.3. The van der Waals surface area contributed by atoms with E-state index >= 15 is 0 Å². The van der Waals surface area contributed by atoms with Gasteiger partial charge in [0.25, 0.3) is 0 Å². The minimum Gasteiger partial charge on any atom is -0.294 e. The zero-order valence-electron chi connectivity index (χ0n) is 23.2. The number of pyridine rings is 4. The second-order valence-electron chi connectivity index (χ2n) is 10.4. The van der Waals surface area contributed by atoms with Crippen LogP contribution >= 0.6 is 0 Å². The number of para-hydroxylation sites is 1. The molecule has 5 nitrogen and oxygen atoms in total. The lowest BCUT2D eigenvalue weighted by Gasteiger charge is -2.14. The van der Waals surface area contributed by atoms with Crippen molar-refractivity contribution in [2.24, 2.45) is 0 Å². The van der Waals surface area contributed by atoms with Crippen molar-refractivity contribution in [2.75, 3.05) is 0 Å². The Hall–Kier alpha value is -5.94. The normalized spacial score (nSPS) is 11.3. The zero-order valence-corrected chi connectivity index (χ0v) is 23.2. The molecule has 0 unspecified atom stereocenters. The van der Waals surface area contributed by atoms with Crippen LogP contribution in [-0.2, 0) is 0 Å². The molecule has 0 aliphatic rings. The van der Waals surface area contributed by atoms with Gasteiger partial charge in [-0.25, -0.2) is 9.97 Å². The van der Waals surface area contributed by atoms with Crippen LogP contribution in [0.25, 0.3) is 72.7 Å². The lowest BCUT2D eigenvalue weighted by Crippen LogP contribution is -2.00. The Morgan fingerprint density at radius 2 is 1.14 bits per heavy atom. The molecule has 0 saturated heterocycles. The molecule has 0 amide bonds. The van der Waals surface area contributed by atoms with Crippen molar-refractivity contribution in [3.05, 3.63) is 152 Å². The Labute approximate surface area is 248 Å². The number of benzene rings is 3. The second kappa shape index (κ2) is 10.5. The molecule has 3 aromatic carbocycles. The van der Waals surface area contributed by atoms with E-state index in [1.165, 1.54) is 0 Å². The van der Waals surface area contributed by atoms with Crippen LogP contribution in [0.4, 0.5) is 0 Å². The van der Waals surface area contributed by atoms with Crippen LogP contribution < -0.4 is 0 Å². The van der Waals surface area contributed by atoms with Crippen molar-refractivity contribution < 1.29 is 0 Å². The lowest BCUT2D eigenvalue weighted by molar-refractivity contribution is 1.07. The Bertz CT molecular complexity index is 2180. The fraction of sp³-hybridized carbons (Fsp3) is 0. The summed E-state index contributed by atoms with van der Waals surface area (Å²) in [6.45, 7) is 0. The molecule has 0 N–H and O–H groups in total. The van der Waals surface area contributed by atoms with E-state index in [9.17, 15) is 0 Å². The molecule has 0 aliphatic heterocycles. The van der Waals surface area contributed by atoms with Crippen molar-refractivity contribution >= 4 is 21.8 Å². The van der Waals surface area contributed by atoms with Gasteiger partial charge in [-0.05, 0) is 70.8 Å². The summed E-state index contributed by atoms with van der Waals surface area (Å²) >= 11 is 0. The van der Waals surface area contributed by atoms with Gasteiger partial charge in [-0.3, -0.25) is 14.5 Å². The number of nitrogens with zero attached hydrogens (tertiary/aromatic N) is 5. The average Bonchev–Trinajstić information content (AvgIpc) is 3.43. The Balaban J connectivity index is 1.34. The van der Waals surface area contributed by atoms with Gasteiger partial charge < -0.3 is 0 Å². The highest BCUT2D eigenvalue weighted by molar-refractivity contribution is 6.08. The highest BCUT2D eigenvalue weighted by Gasteiger charge is 2.16. The first-order chi connectivity index (χ1) is 21.3.